The highest BCUT2D eigenvalue weighted by Crippen LogP contribution is 2.35. The summed E-state index contributed by atoms with van der Waals surface area (Å²) in [7, 11) is 0. The number of urea groups is 1. The lowest BCUT2D eigenvalue weighted by Crippen LogP contribution is -2.45. The van der Waals surface area contributed by atoms with Gasteiger partial charge >= 0.3 is 11.9 Å². The first-order valence-corrected chi connectivity index (χ1v) is 8.75. The Kier molecular flexibility index (Phi) is 4.66. The number of furan rings is 1. The molecule has 2 heterocycles. The van der Waals surface area contributed by atoms with Crippen molar-refractivity contribution in [1.82, 2.24) is 10.6 Å². The highest BCUT2D eigenvalue weighted by atomic mass is 16.6. The van der Waals surface area contributed by atoms with Gasteiger partial charge in [-0.05, 0) is 11.6 Å². The number of rotatable bonds is 5. The first-order valence-electron chi connectivity index (χ1n) is 8.75. The van der Waals surface area contributed by atoms with Gasteiger partial charge in [0.25, 0.3) is 0 Å². The van der Waals surface area contributed by atoms with Crippen molar-refractivity contribution in [2.45, 2.75) is 6.04 Å². The van der Waals surface area contributed by atoms with Crippen LogP contribution in [0.2, 0.25) is 0 Å². The van der Waals surface area contributed by atoms with E-state index in [2.05, 4.69) is 10.6 Å². The topological polar surface area (TPSA) is 114 Å². The third kappa shape index (κ3) is 3.51. The van der Waals surface area contributed by atoms with Crippen LogP contribution in [0.1, 0.15) is 27.7 Å². The lowest BCUT2D eigenvalue weighted by Gasteiger charge is -2.28. The van der Waals surface area contributed by atoms with E-state index in [1.165, 1.54) is 12.1 Å². The Morgan fingerprint density at radius 3 is 2.24 bits per heavy atom. The molecule has 3 aromatic rings. The largest absolute Gasteiger partial charge is 0.433 e. The lowest BCUT2D eigenvalue weighted by molar-refractivity contribution is -0.402. The summed E-state index contributed by atoms with van der Waals surface area (Å²) < 4.78 is 5.31. The van der Waals surface area contributed by atoms with Crippen LogP contribution in [-0.2, 0) is 0 Å². The zero-order valence-corrected chi connectivity index (χ0v) is 15.0. The molecule has 2 N–H and O–H groups in total. The number of Topliss-reactive ketones (excluding diaryl/α,β-unsaturated/α-hetero) is 1. The van der Waals surface area contributed by atoms with Gasteiger partial charge in [0.15, 0.2) is 5.78 Å². The molecule has 2 aromatic carbocycles. The van der Waals surface area contributed by atoms with Gasteiger partial charge in [0.2, 0.25) is 0 Å². The number of carbonyl (C=O) groups excluding carboxylic acids is 2. The SMILES string of the molecule is O=C1NC(c2ccccc2)=C(C(=O)c2ccccc2)[C@H](c2ccc([N+](=O)[O-])o2)N1. The van der Waals surface area contributed by atoms with Gasteiger partial charge in [-0.15, -0.1) is 0 Å². The van der Waals surface area contributed by atoms with Gasteiger partial charge in [0.1, 0.15) is 16.7 Å². The Balaban J connectivity index is 1.91. The van der Waals surface area contributed by atoms with E-state index >= 15 is 0 Å². The van der Waals surface area contributed by atoms with Crippen molar-refractivity contribution in [2.24, 2.45) is 0 Å². The summed E-state index contributed by atoms with van der Waals surface area (Å²) in [6.45, 7) is 0. The van der Waals surface area contributed by atoms with Gasteiger partial charge in [0.05, 0.1) is 17.3 Å². The summed E-state index contributed by atoms with van der Waals surface area (Å²) in [6, 6.07) is 18.5. The van der Waals surface area contributed by atoms with Crippen molar-refractivity contribution in [1.29, 1.82) is 0 Å². The smallest absolute Gasteiger partial charge is 0.403 e. The molecule has 0 radical (unpaired) electrons. The summed E-state index contributed by atoms with van der Waals surface area (Å²) in [4.78, 5) is 36.1. The molecule has 0 unspecified atom stereocenters. The third-order valence-corrected chi connectivity index (χ3v) is 4.49. The fraction of sp³-hybridized carbons (Fsp3) is 0.0476. The van der Waals surface area contributed by atoms with Crippen molar-refractivity contribution >= 4 is 23.4 Å². The van der Waals surface area contributed by atoms with Crippen LogP contribution in [0.5, 0.6) is 0 Å². The molecule has 0 aliphatic carbocycles. The molecule has 8 heteroatoms. The van der Waals surface area contributed by atoms with Gasteiger partial charge in [-0.3, -0.25) is 14.9 Å². The maximum Gasteiger partial charge on any atom is 0.433 e. The molecule has 1 aliphatic rings. The van der Waals surface area contributed by atoms with E-state index in [9.17, 15) is 19.7 Å². The zero-order valence-electron chi connectivity index (χ0n) is 15.0. The van der Waals surface area contributed by atoms with E-state index in [4.69, 9.17) is 4.42 Å². The number of benzene rings is 2. The van der Waals surface area contributed by atoms with Gasteiger partial charge in [-0.25, -0.2) is 4.79 Å². The fourth-order valence-electron chi connectivity index (χ4n) is 3.20. The number of nitrogens with zero attached hydrogens (tertiary/aromatic N) is 1. The fourth-order valence-corrected chi connectivity index (χ4v) is 3.20. The molecule has 8 nitrogen and oxygen atoms in total. The normalized spacial score (nSPS) is 16.1. The van der Waals surface area contributed by atoms with E-state index < -0.39 is 22.9 Å². The van der Waals surface area contributed by atoms with Crippen molar-refractivity contribution in [3.63, 3.8) is 0 Å². The van der Waals surface area contributed by atoms with Crippen LogP contribution in [0.25, 0.3) is 5.70 Å². The Morgan fingerprint density at radius 2 is 1.62 bits per heavy atom. The summed E-state index contributed by atoms with van der Waals surface area (Å²) in [5.41, 5.74) is 1.60. The van der Waals surface area contributed by atoms with E-state index in [0.29, 0.717) is 16.8 Å². The maximum atomic E-state index is 13.4. The molecule has 0 fully saturated rings. The molecular formula is C21H15N3O5. The first-order chi connectivity index (χ1) is 14.0. The van der Waals surface area contributed by atoms with Crippen LogP contribution in [0.15, 0.2) is 82.8 Å². The highest BCUT2D eigenvalue weighted by Gasteiger charge is 2.36. The molecule has 0 saturated carbocycles. The monoisotopic (exact) mass is 389 g/mol. The van der Waals surface area contributed by atoms with Crippen molar-refractivity contribution in [2.75, 3.05) is 0 Å². The van der Waals surface area contributed by atoms with E-state index in [0.717, 1.165) is 0 Å². The average molecular weight is 389 g/mol. The van der Waals surface area contributed by atoms with Crippen molar-refractivity contribution in [3.05, 3.63) is 105 Å². The van der Waals surface area contributed by atoms with Crippen LogP contribution in [0.3, 0.4) is 0 Å². The van der Waals surface area contributed by atoms with Crippen molar-refractivity contribution in [3.8, 4) is 0 Å². The number of nitro groups is 1. The molecule has 0 spiro atoms. The van der Waals surface area contributed by atoms with E-state index in [-0.39, 0.29) is 17.1 Å². The summed E-state index contributed by atoms with van der Waals surface area (Å²) >= 11 is 0. The average Bonchev–Trinajstić information content (AvgIpc) is 3.24. The number of ketones is 1. The zero-order chi connectivity index (χ0) is 20.4. The Bertz CT molecular complexity index is 1120. The molecule has 29 heavy (non-hydrogen) atoms. The van der Waals surface area contributed by atoms with Crippen LogP contribution in [0.4, 0.5) is 10.7 Å². The number of hydrogen-bond donors (Lipinski definition) is 2. The molecule has 0 saturated heterocycles. The molecule has 0 bridgehead atoms. The molecular weight excluding hydrogens is 374 g/mol. The minimum Gasteiger partial charge on any atom is -0.403 e. The number of carbonyl (C=O) groups is 2. The highest BCUT2D eigenvalue weighted by molar-refractivity contribution is 6.16. The third-order valence-electron chi connectivity index (χ3n) is 4.49. The Labute approximate surface area is 165 Å². The summed E-state index contributed by atoms with van der Waals surface area (Å²) in [6.07, 6.45) is 0. The second kappa shape index (κ2) is 7.43. The molecule has 1 aromatic heterocycles. The number of hydrogen-bond acceptors (Lipinski definition) is 5. The predicted octanol–water partition coefficient (Wildman–Crippen LogP) is 3.84. The van der Waals surface area contributed by atoms with Gasteiger partial charge in [-0.2, -0.15) is 0 Å². The Morgan fingerprint density at radius 1 is 0.966 bits per heavy atom. The molecule has 1 atom stereocenters. The van der Waals surface area contributed by atoms with Crippen molar-refractivity contribution < 1.29 is 18.9 Å². The minimum absolute atomic E-state index is 0.0965. The van der Waals surface area contributed by atoms with Gasteiger partial charge < -0.3 is 15.1 Å². The lowest BCUT2D eigenvalue weighted by atomic mass is 9.90. The Hall–Kier alpha value is -4.20. The summed E-state index contributed by atoms with van der Waals surface area (Å²) in [5.74, 6) is -0.708. The van der Waals surface area contributed by atoms with Crippen LogP contribution < -0.4 is 10.6 Å². The maximum absolute atomic E-state index is 13.4. The van der Waals surface area contributed by atoms with E-state index in [1.54, 1.807) is 54.6 Å². The molecule has 4 rings (SSSR count). The van der Waals surface area contributed by atoms with Gasteiger partial charge in [-0.1, -0.05) is 60.7 Å². The quantitative estimate of drug-likeness (QED) is 0.391. The van der Waals surface area contributed by atoms with Gasteiger partial charge in [0, 0.05) is 5.56 Å². The minimum atomic E-state index is -0.986. The predicted molar refractivity (Wildman–Crippen MR) is 104 cm³/mol. The van der Waals surface area contributed by atoms with Crippen LogP contribution >= 0.6 is 0 Å². The first kappa shape index (κ1) is 18.2. The number of nitrogens with one attached hydrogen (secondary N) is 2. The van der Waals surface area contributed by atoms with Crippen LogP contribution in [0, 0.1) is 10.1 Å². The van der Waals surface area contributed by atoms with Crippen LogP contribution in [-0.4, -0.2) is 16.7 Å². The summed E-state index contributed by atoms with van der Waals surface area (Å²) in [5, 5.41) is 16.4. The molecule has 144 valence electrons. The standard InChI is InChI=1S/C21H15N3O5/c25-20(14-9-5-2-6-10-14)17-18(13-7-3-1-4-8-13)22-21(26)23-19(17)15-11-12-16(29-15)24(27)28/h1-12,19H,(H2,22,23,26)/t19-/m0/s1. The second-order valence-electron chi connectivity index (χ2n) is 6.31. The molecule has 2 amide bonds. The van der Waals surface area contributed by atoms with E-state index in [1.807, 2.05) is 6.07 Å². The number of amides is 2. The molecule has 1 aliphatic heterocycles. The second-order valence-corrected chi connectivity index (χ2v) is 6.31.